The Hall–Kier alpha value is -1.64. The van der Waals surface area contributed by atoms with Gasteiger partial charge < -0.3 is 9.88 Å². The first-order valence-corrected chi connectivity index (χ1v) is 7.67. The van der Waals surface area contributed by atoms with Gasteiger partial charge in [-0.05, 0) is 25.7 Å². The van der Waals surface area contributed by atoms with Crippen LogP contribution in [0.15, 0.2) is 6.33 Å². The van der Waals surface area contributed by atoms with Crippen LogP contribution in [0.2, 0.25) is 0 Å². The summed E-state index contributed by atoms with van der Waals surface area (Å²) >= 11 is 0.926. The summed E-state index contributed by atoms with van der Waals surface area (Å²) in [6, 6.07) is 0.257. The second kappa shape index (κ2) is 6.00. The highest BCUT2D eigenvalue weighted by atomic mass is 32.1. The average molecular weight is 314 g/mol. The minimum atomic E-state index is -2.55. The van der Waals surface area contributed by atoms with Gasteiger partial charge in [0.05, 0.1) is 0 Å². The van der Waals surface area contributed by atoms with E-state index in [2.05, 4.69) is 25.7 Å². The summed E-state index contributed by atoms with van der Waals surface area (Å²) in [5.74, 6) is 1.44. The Kier molecular flexibility index (Phi) is 4.09. The van der Waals surface area contributed by atoms with Crippen molar-refractivity contribution in [2.24, 2.45) is 7.05 Å². The molecule has 2 aromatic heterocycles. The molecule has 0 spiro atoms. The highest BCUT2D eigenvalue weighted by molar-refractivity contribution is 7.15. The van der Waals surface area contributed by atoms with E-state index in [1.54, 1.807) is 6.33 Å². The molecule has 3 rings (SSSR count). The van der Waals surface area contributed by atoms with E-state index in [9.17, 15) is 8.78 Å². The molecule has 2 aromatic rings. The number of aryl methyl sites for hydroxylation is 1. The van der Waals surface area contributed by atoms with Crippen LogP contribution in [0.3, 0.4) is 0 Å². The fourth-order valence-corrected chi connectivity index (χ4v) is 3.39. The van der Waals surface area contributed by atoms with Crippen molar-refractivity contribution in [1.29, 1.82) is 0 Å². The summed E-state index contributed by atoms with van der Waals surface area (Å²) in [4.78, 5) is 0. The largest absolute Gasteiger partial charge is 0.357 e. The van der Waals surface area contributed by atoms with Crippen molar-refractivity contribution in [3.05, 3.63) is 17.2 Å². The molecule has 0 amide bonds. The van der Waals surface area contributed by atoms with Crippen LogP contribution in [0.25, 0.3) is 0 Å². The summed E-state index contributed by atoms with van der Waals surface area (Å²) in [5, 5.41) is 18.8. The van der Waals surface area contributed by atoms with Crippen molar-refractivity contribution in [1.82, 2.24) is 25.0 Å². The quantitative estimate of drug-likeness (QED) is 0.940. The van der Waals surface area contributed by atoms with Gasteiger partial charge in [0.25, 0.3) is 6.43 Å². The zero-order chi connectivity index (χ0) is 14.8. The molecule has 21 heavy (non-hydrogen) atoms. The van der Waals surface area contributed by atoms with Crippen LogP contribution in [0, 0.1) is 0 Å². The van der Waals surface area contributed by atoms with Crippen LogP contribution in [0.1, 0.15) is 48.9 Å². The molecule has 1 aliphatic rings. The number of alkyl halides is 2. The summed E-state index contributed by atoms with van der Waals surface area (Å²) < 4.78 is 26.9. The van der Waals surface area contributed by atoms with Crippen LogP contribution < -0.4 is 5.32 Å². The van der Waals surface area contributed by atoms with Crippen LogP contribution in [-0.2, 0) is 7.05 Å². The predicted octanol–water partition coefficient (Wildman–Crippen LogP) is 2.74. The monoisotopic (exact) mass is 314 g/mol. The highest BCUT2D eigenvalue weighted by Gasteiger charge is 2.26. The van der Waals surface area contributed by atoms with Gasteiger partial charge in [-0.3, -0.25) is 0 Å². The van der Waals surface area contributed by atoms with Crippen LogP contribution in [0.5, 0.6) is 0 Å². The van der Waals surface area contributed by atoms with Gasteiger partial charge in [0.15, 0.2) is 5.01 Å². The van der Waals surface area contributed by atoms with Crippen molar-refractivity contribution in [3.8, 4) is 0 Å². The maximum absolute atomic E-state index is 12.5. The Labute approximate surface area is 124 Å². The number of halogens is 2. The third-order valence-corrected chi connectivity index (χ3v) is 4.66. The molecule has 9 heteroatoms. The molecule has 0 aromatic carbocycles. The molecule has 0 radical (unpaired) electrons. The Morgan fingerprint density at radius 2 is 2.00 bits per heavy atom. The summed E-state index contributed by atoms with van der Waals surface area (Å²) in [7, 11) is 1.95. The molecule has 2 heterocycles. The van der Waals surface area contributed by atoms with E-state index < -0.39 is 6.43 Å². The third kappa shape index (κ3) is 3.17. The van der Waals surface area contributed by atoms with Crippen molar-refractivity contribution < 1.29 is 8.78 Å². The smallest absolute Gasteiger partial charge is 0.291 e. The lowest BCUT2D eigenvalue weighted by Crippen LogP contribution is -2.26. The molecule has 0 unspecified atom stereocenters. The third-order valence-electron chi connectivity index (χ3n) is 3.79. The maximum Gasteiger partial charge on any atom is 0.291 e. The van der Waals surface area contributed by atoms with Crippen LogP contribution >= 0.6 is 11.3 Å². The van der Waals surface area contributed by atoms with Gasteiger partial charge in [0.1, 0.15) is 12.2 Å². The number of nitrogens with zero attached hydrogens (tertiary/aromatic N) is 5. The molecule has 1 saturated carbocycles. The van der Waals surface area contributed by atoms with Crippen LogP contribution in [-0.4, -0.2) is 31.0 Å². The summed E-state index contributed by atoms with van der Waals surface area (Å²) in [6.07, 6.45) is 3.09. The van der Waals surface area contributed by atoms with E-state index in [-0.39, 0.29) is 11.0 Å². The van der Waals surface area contributed by atoms with Crippen molar-refractivity contribution in [3.63, 3.8) is 0 Å². The van der Waals surface area contributed by atoms with Gasteiger partial charge in [-0.25, -0.2) is 8.78 Å². The topological polar surface area (TPSA) is 68.5 Å². The summed E-state index contributed by atoms with van der Waals surface area (Å²) in [6.45, 7) is 0. The minimum Gasteiger partial charge on any atom is -0.357 e. The molecule has 0 aliphatic heterocycles. The molecule has 1 fully saturated rings. The zero-order valence-corrected chi connectivity index (χ0v) is 12.4. The summed E-state index contributed by atoms with van der Waals surface area (Å²) in [5.41, 5.74) is 0. The first kappa shape index (κ1) is 14.3. The maximum atomic E-state index is 12.5. The molecule has 6 nitrogen and oxygen atoms in total. The molecule has 1 N–H and O–H groups in total. The predicted molar refractivity (Wildman–Crippen MR) is 74.5 cm³/mol. The normalized spacial score (nSPS) is 22.7. The number of aromatic nitrogens is 5. The number of hydrogen-bond donors (Lipinski definition) is 1. The second-order valence-corrected chi connectivity index (χ2v) is 6.25. The average Bonchev–Trinajstić information content (AvgIpc) is 3.09. The van der Waals surface area contributed by atoms with Crippen molar-refractivity contribution in [2.75, 3.05) is 5.32 Å². The molecule has 0 bridgehead atoms. The lowest BCUT2D eigenvalue weighted by atomic mass is 9.85. The van der Waals surface area contributed by atoms with E-state index in [1.807, 2.05) is 11.6 Å². The fraction of sp³-hybridized carbons (Fsp3) is 0.667. The van der Waals surface area contributed by atoms with Gasteiger partial charge in [0.2, 0.25) is 5.13 Å². The van der Waals surface area contributed by atoms with E-state index in [0.29, 0.717) is 11.0 Å². The minimum absolute atomic E-state index is 0.231. The highest BCUT2D eigenvalue weighted by Crippen LogP contribution is 2.33. The Morgan fingerprint density at radius 1 is 1.24 bits per heavy atom. The van der Waals surface area contributed by atoms with Crippen LogP contribution in [0.4, 0.5) is 13.9 Å². The Balaban J connectivity index is 1.55. The first-order chi connectivity index (χ1) is 10.1. The SMILES string of the molecule is Cn1cnnc1C1CCC(Nc2nnc(C(F)F)s2)CC1. The van der Waals surface area contributed by atoms with E-state index in [4.69, 9.17) is 0 Å². The van der Waals surface area contributed by atoms with E-state index >= 15 is 0 Å². The van der Waals surface area contributed by atoms with Gasteiger partial charge in [-0.1, -0.05) is 11.3 Å². The molecule has 0 saturated heterocycles. The number of rotatable bonds is 4. The molecule has 1 aliphatic carbocycles. The molecule has 0 atom stereocenters. The number of hydrogen-bond acceptors (Lipinski definition) is 6. The Morgan fingerprint density at radius 3 is 2.57 bits per heavy atom. The lowest BCUT2D eigenvalue weighted by Gasteiger charge is -2.28. The molecule has 114 valence electrons. The van der Waals surface area contributed by atoms with Crippen molar-refractivity contribution in [2.45, 2.75) is 44.1 Å². The second-order valence-electron chi connectivity index (χ2n) is 5.24. The molecular weight excluding hydrogens is 298 g/mol. The Bertz CT molecular complexity index is 590. The molecular formula is C12H16F2N6S. The zero-order valence-electron chi connectivity index (χ0n) is 11.5. The fourth-order valence-electron chi connectivity index (χ4n) is 2.71. The lowest BCUT2D eigenvalue weighted by molar-refractivity contribution is 0.150. The van der Waals surface area contributed by atoms with Gasteiger partial charge in [0, 0.05) is 19.0 Å². The van der Waals surface area contributed by atoms with E-state index in [0.717, 1.165) is 42.8 Å². The first-order valence-electron chi connectivity index (χ1n) is 6.85. The standard InChI is InChI=1S/C12H16F2N6S/c1-20-6-15-17-10(20)7-2-4-8(5-3-7)16-12-19-18-11(21-12)9(13)14/h6-9H,2-5H2,1H3,(H,16,19). The van der Waals surface area contributed by atoms with Gasteiger partial charge in [-0.15, -0.1) is 20.4 Å². The van der Waals surface area contributed by atoms with E-state index in [1.165, 1.54) is 0 Å². The van der Waals surface area contributed by atoms with Crippen molar-refractivity contribution >= 4 is 16.5 Å². The number of anilines is 1. The van der Waals surface area contributed by atoms with Gasteiger partial charge >= 0.3 is 0 Å². The van der Waals surface area contributed by atoms with Gasteiger partial charge in [-0.2, -0.15) is 0 Å². The number of nitrogens with one attached hydrogen (secondary N) is 1.